The summed E-state index contributed by atoms with van der Waals surface area (Å²) in [7, 11) is 7.43. The number of carbonyl (C=O) groups is 5. The van der Waals surface area contributed by atoms with Crippen molar-refractivity contribution in [3.63, 3.8) is 0 Å². The van der Waals surface area contributed by atoms with Crippen LogP contribution in [0.5, 0.6) is 11.5 Å². The van der Waals surface area contributed by atoms with Crippen molar-refractivity contribution in [1.29, 1.82) is 0 Å². The van der Waals surface area contributed by atoms with E-state index in [4.69, 9.17) is 33.7 Å². The van der Waals surface area contributed by atoms with Crippen LogP contribution in [0.3, 0.4) is 0 Å². The van der Waals surface area contributed by atoms with E-state index in [0.717, 1.165) is 99.7 Å². The third-order valence-corrected chi connectivity index (χ3v) is 16.7. The van der Waals surface area contributed by atoms with Gasteiger partial charge in [-0.2, -0.15) is 0 Å². The number of nitrogens with zero attached hydrogens (tertiary/aromatic N) is 2. The first-order valence-corrected chi connectivity index (χ1v) is 27.2. The number of benzene rings is 4. The Morgan fingerprint density at radius 3 is 1.60 bits per heavy atom. The molecule has 1 atom stereocenters. The Bertz CT molecular complexity index is 3350. The summed E-state index contributed by atoms with van der Waals surface area (Å²) in [6.07, 6.45) is 13.1. The van der Waals surface area contributed by atoms with Crippen LogP contribution in [0.15, 0.2) is 90.3 Å². The number of carbonyl (C=O) groups excluding carboxylic acids is 5. The molecule has 4 aliphatic rings. The molecule has 22 heteroatoms. The van der Waals surface area contributed by atoms with Crippen molar-refractivity contribution in [1.82, 2.24) is 9.13 Å². The Morgan fingerprint density at radius 1 is 0.642 bits per heavy atom. The van der Waals surface area contributed by atoms with Crippen molar-refractivity contribution < 1.29 is 220 Å². The van der Waals surface area contributed by atoms with Crippen molar-refractivity contribution in [3.8, 4) is 34.0 Å². The molecule has 0 amide bonds. The number of aliphatic hydroxyl groups excluding tert-OH is 1. The van der Waals surface area contributed by atoms with Crippen molar-refractivity contribution >= 4 is 65.8 Å². The maximum absolute atomic E-state index is 12.8. The largest absolute Gasteiger partial charge is 1.00 e. The maximum atomic E-state index is 12.8. The molecule has 0 spiro atoms. The number of rotatable bonds is 12. The maximum Gasteiger partial charge on any atom is 1.00 e. The summed E-state index contributed by atoms with van der Waals surface area (Å²) in [4.78, 5) is 59.3. The van der Waals surface area contributed by atoms with Gasteiger partial charge in [0.25, 0.3) is 6.47 Å². The van der Waals surface area contributed by atoms with Gasteiger partial charge < -0.3 is 63.3 Å². The van der Waals surface area contributed by atoms with Gasteiger partial charge in [-0.15, -0.1) is 0 Å². The van der Waals surface area contributed by atoms with Crippen molar-refractivity contribution in [3.05, 3.63) is 124 Å². The Kier molecular flexibility index (Phi) is 26.7. The quantitative estimate of drug-likeness (QED) is 0.0339. The van der Waals surface area contributed by atoms with E-state index in [0.29, 0.717) is 35.1 Å². The summed E-state index contributed by atoms with van der Waals surface area (Å²) in [5.74, 6) is 0.433. The van der Waals surface area contributed by atoms with Crippen LogP contribution in [0.2, 0.25) is 0 Å². The number of esters is 4. The van der Waals surface area contributed by atoms with Crippen LogP contribution in [-0.2, 0) is 58.4 Å². The fourth-order valence-corrected chi connectivity index (χ4v) is 12.1. The molecule has 2 aliphatic carbocycles. The zero-order valence-electron chi connectivity index (χ0n) is 48.6. The molecular weight excluding hydrogens is 1310 g/mol. The molecule has 0 saturated heterocycles. The summed E-state index contributed by atoms with van der Waals surface area (Å²) in [5.41, 5.74) is 12.0. The standard InChI is InChI=1S/C28H29NO5.C24H25NO4.C6H11O5P.CH2O3.2Cs.H/c1-32-21-10-12-22-19(14-21)13-20(28(31)34-3)16-29-24-15-18(27(30)33-2)9-11-23(24)25(26(22)29)17-7-5-4-6-8-17;1-28-16-9-11-17-19(13-16)23(26)25-20-12-15(24(27)29-2)8-10-18(20)21(22(17)25)14-6-4-3-5-7-14;1-5(6(7)9-2)12(8,10-3)11-4;2-1-4-3;;;/h9-15,17H,4-8,16H2,1-3H3;8-14,23,26H,3-7H2,1-2H3;1H2,2-4H3;1,3H;;;/q;;;;2*+1;-1/p-1. The van der Waals surface area contributed by atoms with Gasteiger partial charge in [0, 0.05) is 47.2 Å². The first-order valence-electron chi connectivity index (χ1n) is 25.7. The predicted octanol–water partition coefficient (Wildman–Crippen LogP) is 4.44. The van der Waals surface area contributed by atoms with Crippen LogP contribution >= 0.6 is 7.60 Å². The molecule has 19 nitrogen and oxygen atoms in total. The second-order valence-corrected chi connectivity index (χ2v) is 21.3. The number of aliphatic hydroxyl groups is 1. The second-order valence-electron chi connectivity index (χ2n) is 19.0. The van der Waals surface area contributed by atoms with E-state index >= 15 is 0 Å². The van der Waals surface area contributed by atoms with E-state index in [9.17, 15) is 28.8 Å². The van der Waals surface area contributed by atoms with Gasteiger partial charge in [0.1, 0.15) is 16.8 Å². The third kappa shape index (κ3) is 14.8. The Hall–Kier alpha value is -3.44. The first-order chi connectivity index (χ1) is 38.1. The molecular formula is C59H67Cs2N2O17P. The number of aromatic nitrogens is 2. The van der Waals surface area contributed by atoms with Gasteiger partial charge in [-0.1, -0.05) is 57.2 Å². The molecule has 4 heterocycles. The Morgan fingerprint density at radius 2 is 1.12 bits per heavy atom. The molecule has 2 aliphatic heterocycles. The van der Waals surface area contributed by atoms with Crippen LogP contribution in [0, 0.1) is 0 Å². The normalized spacial score (nSPS) is 15.1. The molecule has 2 saturated carbocycles. The van der Waals surface area contributed by atoms with Gasteiger partial charge in [0.05, 0.1) is 82.8 Å². The summed E-state index contributed by atoms with van der Waals surface area (Å²) < 4.78 is 54.8. The fourth-order valence-electron chi connectivity index (χ4n) is 11.2. The van der Waals surface area contributed by atoms with Crippen LogP contribution in [-0.4, -0.2) is 101 Å². The van der Waals surface area contributed by atoms with Crippen LogP contribution < -0.4 is 153 Å². The van der Waals surface area contributed by atoms with Gasteiger partial charge in [0.15, 0.2) is 6.23 Å². The molecule has 10 rings (SSSR count). The Balaban J connectivity index is 0.000000274. The van der Waals surface area contributed by atoms with Crippen molar-refractivity contribution in [2.45, 2.75) is 88.8 Å². The molecule has 4 aromatic carbocycles. The van der Waals surface area contributed by atoms with Crippen LogP contribution in [0.25, 0.3) is 50.4 Å². The minimum atomic E-state index is -3.51. The number of fused-ring (bicyclic) bond motifs is 10. The molecule has 1 N–H and O–H groups in total. The summed E-state index contributed by atoms with van der Waals surface area (Å²) in [6, 6.07) is 23.4. The van der Waals surface area contributed by atoms with E-state index in [1.54, 1.807) is 14.2 Å². The molecule has 2 aromatic heterocycles. The number of methoxy groups -OCH3 is 6. The number of hydrogen-bond donors (Lipinski definition) is 1. The third-order valence-electron chi connectivity index (χ3n) is 14.9. The second kappa shape index (κ2) is 31.6. The minimum absolute atomic E-state index is 0. The molecule has 2 fully saturated rings. The van der Waals surface area contributed by atoms with E-state index in [2.05, 4.69) is 35.9 Å². The number of ether oxygens (including phenoxy) is 6. The minimum Gasteiger partial charge on any atom is -1.00 e. The van der Waals surface area contributed by atoms with Gasteiger partial charge in [-0.3, -0.25) is 9.36 Å². The zero-order chi connectivity index (χ0) is 57.1. The molecule has 1 unspecified atom stereocenters. The van der Waals surface area contributed by atoms with Gasteiger partial charge in [0.2, 0.25) is 0 Å². The topological polar surface area (TPSA) is 239 Å². The average Bonchev–Trinajstić information content (AvgIpc) is 4.30. The Labute approximate surface area is 590 Å². The SMILES string of the molecule is C=C(C(=O)OC)P(=O)(OC)OC.COC(=O)C1=Cc2cc(OC)ccc2-c2c(C3CCCCC3)c3ccc(C(=O)OC)cc3n2C1.COC(=O)c1ccc2c(C3CCCCC3)c3n(c2c1)C(O)c1cc(OC)ccc1-3.O=CO[O-].[Cs+].[Cs+].[H-]. The van der Waals surface area contributed by atoms with E-state index < -0.39 is 19.8 Å². The van der Waals surface area contributed by atoms with E-state index in [1.165, 1.54) is 85.2 Å². The van der Waals surface area contributed by atoms with Crippen molar-refractivity contribution in [2.24, 2.45) is 0 Å². The monoisotopic (exact) mass is 1370 g/mol. The van der Waals surface area contributed by atoms with Gasteiger partial charge in [-0.25, -0.2) is 19.2 Å². The average molecular weight is 1370 g/mol. The van der Waals surface area contributed by atoms with Crippen molar-refractivity contribution in [2.75, 3.05) is 56.9 Å². The van der Waals surface area contributed by atoms with Crippen LogP contribution in [0.4, 0.5) is 0 Å². The van der Waals surface area contributed by atoms with E-state index in [-0.39, 0.29) is 169 Å². The molecule has 6 aromatic rings. The summed E-state index contributed by atoms with van der Waals surface area (Å²) >= 11 is 0. The molecule has 0 bridgehead atoms. The fraction of sp³-hybridized carbons (Fsp3) is 0.373. The number of hydrogen-bond acceptors (Lipinski definition) is 17. The zero-order valence-corrected chi connectivity index (χ0v) is 61.1. The predicted molar refractivity (Wildman–Crippen MR) is 294 cm³/mol. The molecule has 81 heavy (non-hydrogen) atoms. The van der Waals surface area contributed by atoms with E-state index in [1.807, 2.05) is 77.4 Å². The summed E-state index contributed by atoms with van der Waals surface area (Å²) in [5, 5.41) is 21.6. The van der Waals surface area contributed by atoms with Gasteiger partial charge in [-0.05, 0) is 121 Å². The smallest absolute Gasteiger partial charge is 1.00 e. The van der Waals surface area contributed by atoms with Crippen LogP contribution in [0.1, 0.15) is 127 Å². The van der Waals surface area contributed by atoms with Gasteiger partial charge >= 0.3 is 169 Å². The molecule has 422 valence electrons. The summed E-state index contributed by atoms with van der Waals surface area (Å²) in [6.45, 7) is 3.43. The molecule has 0 radical (unpaired) electrons. The first kappa shape index (κ1) is 68.3.